The highest BCUT2D eigenvalue weighted by molar-refractivity contribution is 5.79. The van der Waals surface area contributed by atoms with Crippen LogP contribution >= 0.6 is 0 Å². The Morgan fingerprint density at radius 1 is 1.04 bits per heavy atom. The van der Waals surface area contributed by atoms with Crippen LogP contribution < -0.4 is 10.6 Å². The van der Waals surface area contributed by atoms with Crippen molar-refractivity contribution in [1.29, 1.82) is 0 Å². The maximum atomic E-state index is 4.40. The molecule has 146 valence electrons. The summed E-state index contributed by atoms with van der Waals surface area (Å²) < 4.78 is 2.33. The number of rotatable bonds is 8. The first-order chi connectivity index (χ1) is 12.9. The van der Waals surface area contributed by atoms with Gasteiger partial charge in [0.05, 0.1) is 0 Å². The Morgan fingerprint density at radius 2 is 1.88 bits per heavy atom. The Labute approximate surface area is 158 Å². The zero-order valence-corrected chi connectivity index (χ0v) is 16.5. The maximum absolute atomic E-state index is 4.40. The number of nitrogens with one attached hydrogen (secondary N) is 2. The Hall–Kier alpha value is -1.59. The van der Waals surface area contributed by atoms with Crippen molar-refractivity contribution in [1.82, 2.24) is 25.4 Å². The van der Waals surface area contributed by atoms with Crippen LogP contribution in [0.25, 0.3) is 0 Å². The first-order valence-corrected chi connectivity index (χ1v) is 10.7. The molecule has 0 unspecified atom stereocenters. The first-order valence-electron chi connectivity index (χ1n) is 10.7. The molecular formula is C20H36N6. The fourth-order valence-electron chi connectivity index (χ4n) is 4.31. The number of aryl methyl sites for hydroxylation is 1. The molecule has 0 saturated heterocycles. The molecule has 1 saturated carbocycles. The maximum Gasteiger partial charge on any atom is 0.190 e. The van der Waals surface area contributed by atoms with Crippen LogP contribution in [-0.4, -0.2) is 40.9 Å². The molecule has 0 aromatic carbocycles. The monoisotopic (exact) mass is 360 g/mol. The molecule has 26 heavy (non-hydrogen) atoms. The van der Waals surface area contributed by atoms with E-state index in [2.05, 4.69) is 30.4 Å². The van der Waals surface area contributed by atoms with Crippen LogP contribution in [-0.2, 0) is 19.4 Å². The number of guanidine groups is 1. The van der Waals surface area contributed by atoms with Crippen molar-refractivity contribution in [3.63, 3.8) is 0 Å². The minimum atomic E-state index is 0.847. The number of aliphatic imine (C=N–C) groups is 1. The summed E-state index contributed by atoms with van der Waals surface area (Å²) in [6.07, 6.45) is 15.6. The summed E-state index contributed by atoms with van der Waals surface area (Å²) in [5.41, 5.74) is 0. The molecule has 1 fully saturated rings. The molecule has 6 heteroatoms. The van der Waals surface area contributed by atoms with Crippen molar-refractivity contribution < 1.29 is 0 Å². The Kier molecular flexibility index (Phi) is 7.77. The molecule has 3 rings (SSSR count). The average Bonchev–Trinajstić information content (AvgIpc) is 3.24. The highest BCUT2D eigenvalue weighted by Crippen LogP contribution is 2.28. The highest BCUT2D eigenvalue weighted by Gasteiger charge is 2.15. The molecule has 2 aliphatic rings. The SMILES string of the molecule is CN=C(NCCCCC1CCCC1)NCCc1nnc2n1CCCCC2. The zero-order chi connectivity index (χ0) is 18.0. The van der Waals surface area contributed by atoms with E-state index in [0.29, 0.717) is 0 Å². The predicted octanol–water partition coefficient (Wildman–Crippen LogP) is 3.07. The van der Waals surface area contributed by atoms with Crippen LogP contribution in [0.1, 0.15) is 75.9 Å². The third-order valence-electron chi connectivity index (χ3n) is 5.86. The van der Waals surface area contributed by atoms with Gasteiger partial charge in [-0.2, -0.15) is 0 Å². The van der Waals surface area contributed by atoms with Gasteiger partial charge in [-0.15, -0.1) is 10.2 Å². The number of hydrogen-bond donors (Lipinski definition) is 2. The highest BCUT2D eigenvalue weighted by atomic mass is 15.3. The second-order valence-electron chi connectivity index (χ2n) is 7.82. The van der Waals surface area contributed by atoms with Crippen LogP contribution in [0.15, 0.2) is 4.99 Å². The molecule has 0 bridgehead atoms. The Morgan fingerprint density at radius 3 is 2.73 bits per heavy atom. The average molecular weight is 361 g/mol. The van der Waals surface area contributed by atoms with Gasteiger partial charge in [-0.05, 0) is 25.2 Å². The molecule has 1 aliphatic heterocycles. The summed E-state index contributed by atoms with van der Waals surface area (Å²) in [5, 5.41) is 15.6. The van der Waals surface area contributed by atoms with Gasteiger partial charge in [-0.25, -0.2) is 0 Å². The number of nitrogens with zero attached hydrogens (tertiary/aromatic N) is 4. The van der Waals surface area contributed by atoms with Crippen molar-refractivity contribution in [3.8, 4) is 0 Å². The lowest BCUT2D eigenvalue weighted by molar-refractivity contribution is 0.472. The summed E-state index contributed by atoms with van der Waals surface area (Å²) in [4.78, 5) is 4.34. The van der Waals surface area contributed by atoms with E-state index >= 15 is 0 Å². The van der Waals surface area contributed by atoms with Crippen LogP contribution in [0, 0.1) is 5.92 Å². The lowest BCUT2D eigenvalue weighted by Gasteiger charge is -2.13. The van der Waals surface area contributed by atoms with Gasteiger partial charge in [0.25, 0.3) is 0 Å². The largest absolute Gasteiger partial charge is 0.356 e. The molecule has 0 amide bonds. The van der Waals surface area contributed by atoms with Crippen molar-refractivity contribution in [3.05, 3.63) is 11.6 Å². The number of hydrogen-bond acceptors (Lipinski definition) is 3. The van der Waals surface area contributed by atoms with Gasteiger partial charge in [0.1, 0.15) is 11.6 Å². The Balaban J connectivity index is 1.31. The van der Waals surface area contributed by atoms with Crippen molar-refractivity contribution in [2.24, 2.45) is 10.9 Å². The minimum absolute atomic E-state index is 0.847. The number of unbranched alkanes of at least 4 members (excludes halogenated alkanes) is 1. The van der Waals surface area contributed by atoms with E-state index in [-0.39, 0.29) is 0 Å². The van der Waals surface area contributed by atoms with E-state index in [1.54, 1.807) is 0 Å². The standard InChI is InChI=1S/C20H36N6/c1-21-20(22-14-7-6-11-17-9-4-5-10-17)23-15-13-19-25-24-18-12-3-2-8-16-26(18)19/h17H,2-16H2,1H3,(H2,21,22,23). The van der Waals surface area contributed by atoms with Gasteiger partial charge in [0.15, 0.2) is 5.96 Å². The van der Waals surface area contributed by atoms with Gasteiger partial charge in [-0.1, -0.05) is 44.9 Å². The second-order valence-corrected chi connectivity index (χ2v) is 7.82. The fraction of sp³-hybridized carbons (Fsp3) is 0.850. The summed E-state index contributed by atoms with van der Waals surface area (Å²) in [7, 11) is 1.84. The molecule has 1 aromatic rings. The zero-order valence-electron chi connectivity index (χ0n) is 16.5. The van der Waals surface area contributed by atoms with E-state index in [0.717, 1.165) is 50.2 Å². The third kappa shape index (κ3) is 5.71. The van der Waals surface area contributed by atoms with Crippen molar-refractivity contribution >= 4 is 5.96 Å². The van der Waals surface area contributed by atoms with Gasteiger partial charge in [0.2, 0.25) is 0 Å². The molecule has 0 spiro atoms. The van der Waals surface area contributed by atoms with E-state index < -0.39 is 0 Å². The molecule has 2 N–H and O–H groups in total. The van der Waals surface area contributed by atoms with E-state index in [1.165, 1.54) is 70.0 Å². The van der Waals surface area contributed by atoms with Crippen LogP contribution in [0.4, 0.5) is 0 Å². The predicted molar refractivity (Wildman–Crippen MR) is 106 cm³/mol. The minimum Gasteiger partial charge on any atom is -0.356 e. The van der Waals surface area contributed by atoms with Crippen LogP contribution in [0.5, 0.6) is 0 Å². The first kappa shape index (κ1) is 19.2. The van der Waals surface area contributed by atoms with Crippen molar-refractivity contribution in [2.45, 2.75) is 83.6 Å². The van der Waals surface area contributed by atoms with E-state index in [9.17, 15) is 0 Å². The molecular weight excluding hydrogens is 324 g/mol. The van der Waals surface area contributed by atoms with Crippen LogP contribution in [0.3, 0.4) is 0 Å². The Bertz CT molecular complexity index is 559. The van der Waals surface area contributed by atoms with Crippen LogP contribution in [0.2, 0.25) is 0 Å². The molecule has 1 aromatic heterocycles. The van der Waals surface area contributed by atoms with Crippen molar-refractivity contribution in [2.75, 3.05) is 20.1 Å². The van der Waals surface area contributed by atoms with Gasteiger partial charge in [-0.3, -0.25) is 4.99 Å². The molecule has 2 heterocycles. The quantitative estimate of drug-likeness (QED) is 0.425. The lowest BCUT2D eigenvalue weighted by atomic mass is 10.0. The fourth-order valence-corrected chi connectivity index (χ4v) is 4.31. The van der Waals surface area contributed by atoms with Gasteiger partial charge < -0.3 is 15.2 Å². The molecule has 6 nitrogen and oxygen atoms in total. The second kappa shape index (κ2) is 10.5. The number of fused-ring (bicyclic) bond motifs is 1. The third-order valence-corrected chi connectivity index (χ3v) is 5.86. The molecule has 0 atom stereocenters. The summed E-state index contributed by atoms with van der Waals surface area (Å²) in [6, 6.07) is 0. The molecule has 1 aliphatic carbocycles. The normalized spacial score (nSPS) is 18.6. The smallest absolute Gasteiger partial charge is 0.190 e. The number of aromatic nitrogens is 3. The molecule has 0 radical (unpaired) electrons. The summed E-state index contributed by atoms with van der Waals surface area (Å²) in [6.45, 7) is 2.93. The van der Waals surface area contributed by atoms with Gasteiger partial charge in [0, 0.05) is 39.5 Å². The van der Waals surface area contributed by atoms with E-state index in [1.807, 2.05) is 7.05 Å². The van der Waals surface area contributed by atoms with E-state index in [4.69, 9.17) is 0 Å². The summed E-state index contributed by atoms with van der Waals surface area (Å²) >= 11 is 0. The van der Waals surface area contributed by atoms with Gasteiger partial charge >= 0.3 is 0 Å². The summed E-state index contributed by atoms with van der Waals surface area (Å²) in [5.74, 6) is 4.19. The topological polar surface area (TPSA) is 67.1 Å². The lowest BCUT2D eigenvalue weighted by Crippen LogP contribution is -2.39.